The Morgan fingerprint density at radius 2 is 1.86 bits per heavy atom. The van der Waals surface area contributed by atoms with E-state index >= 15 is 0 Å². The van der Waals surface area contributed by atoms with Gasteiger partial charge in [0.2, 0.25) is 5.91 Å². The number of aliphatic hydroxyl groups is 1. The zero-order valence-electron chi connectivity index (χ0n) is 19.4. The molecule has 3 heterocycles. The van der Waals surface area contributed by atoms with E-state index in [0.29, 0.717) is 11.5 Å². The molecule has 1 aliphatic rings. The van der Waals surface area contributed by atoms with E-state index in [2.05, 4.69) is 31.3 Å². The Kier molecular flexibility index (Phi) is 6.53. The molecule has 1 saturated carbocycles. The first kappa shape index (κ1) is 23.4. The number of aliphatic hydroxyl groups excluding tert-OH is 1. The van der Waals surface area contributed by atoms with Gasteiger partial charge in [-0.05, 0) is 54.6 Å². The maximum Gasteiger partial charge on any atom is 0.248 e. The zero-order chi connectivity index (χ0) is 24.5. The summed E-state index contributed by atoms with van der Waals surface area (Å²) in [5.74, 6) is 0.390. The Labute approximate surface area is 211 Å². The van der Waals surface area contributed by atoms with Gasteiger partial charge < -0.3 is 16.2 Å². The third-order valence-corrected chi connectivity index (χ3v) is 7.44. The van der Waals surface area contributed by atoms with Crippen LogP contribution in [0.2, 0.25) is 0 Å². The van der Waals surface area contributed by atoms with Gasteiger partial charge in [-0.3, -0.25) is 9.78 Å². The van der Waals surface area contributed by atoms with E-state index in [1.807, 2.05) is 48.7 Å². The second kappa shape index (κ2) is 9.75. The monoisotopic (exact) mass is 534 g/mol. The third-order valence-electron chi connectivity index (χ3n) is 6.63. The smallest absolute Gasteiger partial charge is 0.248 e. The summed E-state index contributed by atoms with van der Waals surface area (Å²) >= 11 is 3.65. The van der Waals surface area contributed by atoms with Gasteiger partial charge in [-0.1, -0.05) is 36.4 Å². The van der Waals surface area contributed by atoms with Crippen LogP contribution >= 0.6 is 15.9 Å². The highest BCUT2D eigenvalue weighted by Crippen LogP contribution is 2.39. The van der Waals surface area contributed by atoms with Crippen molar-refractivity contribution in [2.75, 3.05) is 5.73 Å². The molecule has 4 N–H and O–H groups in total. The Morgan fingerprint density at radius 1 is 1.11 bits per heavy atom. The fourth-order valence-electron chi connectivity index (χ4n) is 4.65. The maximum absolute atomic E-state index is 11.8. The van der Waals surface area contributed by atoms with Gasteiger partial charge >= 0.3 is 0 Å². The lowest BCUT2D eigenvalue weighted by Gasteiger charge is -2.29. The normalized spacial score (nSPS) is 18.9. The number of halogens is 1. The number of pyridine rings is 1. The molecular formula is C26H27BrN6O2. The average Bonchev–Trinajstić information content (AvgIpc) is 3.31. The van der Waals surface area contributed by atoms with Crippen LogP contribution in [-0.4, -0.2) is 42.7 Å². The van der Waals surface area contributed by atoms with Crippen LogP contribution in [0.25, 0.3) is 28.0 Å². The fourth-order valence-corrected chi connectivity index (χ4v) is 5.23. The topological polar surface area (TPSA) is 118 Å². The molecule has 1 aromatic carbocycles. The SMILES string of the molecule is CC(O)C(=O)NC1CCC(c2nc3c(-c4ccc(-c5ccccc5)nc4)cnn3c(N)c2Br)CC1. The predicted octanol–water partition coefficient (Wildman–Crippen LogP) is 4.33. The molecule has 8 nitrogen and oxygen atoms in total. The summed E-state index contributed by atoms with van der Waals surface area (Å²) in [5, 5.41) is 16.9. The molecule has 0 saturated heterocycles. The molecular weight excluding hydrogens is 508 g/mol. The number of nitrogen functional groups attached to an aromatic ring is 1. The summed E-state index contributed by atoms with van der Waals surface area (Å²) in [6.45, 7) is 1.48. The van der Waals surface area contributed by atoms with Gasteiger partial charge in [-0.25, -0.2) is 4.98 Å². The number of aromatic nitrogens is 4. The summed E-state index contributed by atoms with van der Waals surface area (Å²) < 4.78 is 2.41. The Bertz CT molecular complexity index is 1350. The summed E-state index contributed by atoms with van der Waals surface area (Å²) in [5.41, 5.74) is 11.8. The number of nitrogens with one attached hydrogen (secondary N) is 1. The van der Waals surface area contributed by atoms with Gasteiger partial charge in [-0.15, -0.1) is 0 Å². The molecule has 0 spiro atoms. The largest absolute Gasteiger partial charge is 0.384 e. The lowest BCUT2D eigenvalue weighted by molar-refractivity contribution is -0.129. The van der Waals surface area contributed by atoms with Crippen LogP contribution < -0.4 is 11.1 Å². The summed E-state index contributed by atoms with van der Waals surface area (Å²) in [6.07, 6.45) is 5.98. The first-order valence-corrected chi connectivity index (χ1v) is 12.5. The summed E-state index contributed by atoms with van der Waals surface area (Å²) in [6, 6.07) is 14.1. The van der Waals surface area contributed by atoms with Crippen molar-refractivity contribution in [2.24, 2.45) is 0 Å². The molecule has 0 aliphatic heterocycles. The number of anilines is 1. The number of carbonyl (C=O) groups is 1. The number of amides is 1. The number of rotatable bonds is 5. The number of hydrogen-bond donors (Lipinski definition) is 3. The van der Waals surface area contributed by atoms with Gasteiger partial charge in [0.05, 0.1) is 22.1 Å². The number of nitrogens with zero attached hydrogens (tertiary/aromatic N) is 4. The Morgan fingerprint density at radius 3 is 2.51 bits per heavy atom. The first-order chi connectivity index (χ1) is 16.9. The molecule has 1 aliphatic carbocycles. The van der Waals surface area contributed by atoms with Crippen LogP contribution in [0.15, 0.2) is 59.3 Å². The van der Waals surface area contributed by atoms with Crippen molar-refractivity contribution in [2.45, 2.75) is 50.7 Å². The van der Waals surface area contributed by atoms with Crippen LogP contribution in [0.1, 0.15) is 44.2 Å². The number of hydrogen-bond acceptors (Lipinski definition) is 6. The van der Waals surface area contributed by atoms with Crippen molar-refractivity contribution in [3.63, 3.8) is 0 Å². The van der Waals surface area contributed by atoms with Gasteiger partial charge in [0.15, 0.2) is 5.65 Å². The first-order valence-electron chi connectivity index (χ1n) is 11.7. The van der Waals surface area contributed by atoms with Crippen LogP contribution in [0.5, 0.6) is 0 Å². The molecule has 35 heavy (non-hydrogen) atoms. The standard InChI is InChI=1S/C26H27BrN6O2/c1-15(34)26(35)31-19-10-7-17(8-11-19)23-22(27)24(28)33-25(32-23)20(14-30-33)18-9-12-21(29-13-18)16-5-3-2-4-6-16/h2-6,9,12-15,17,19,34H,7-8,10-11,28H2,1H3,(H,31,35). The Hall–Kier alpha value is -3.30. The highest BCUT2D eigenvalue weighted by Gasteiger charge is 2.28. The average molecular weight is 535 g/mol. The molecule has 4 aromatic rings. The molecule has 9 heteroatoms. The number of carbonyl (C=O) groups excluding carboxylic acids is 1. The van der Waals surface area contributed by atoms with Gasteiger partial charge in [0.1, 0.15) is 11.9 Å². The summed E-state index contributed by atoms with van der Waals surface area (Å²) in [7, 11) is 0. The lowest BCUT2D eigenvalue weighted by atomic mass is 9.84. The Balaban J connectivity index is 1.42. The second-order valence-electron chi connectivity index (χ2n) is 9.02. The minimum absolute atomic E-state index is 0.0629. The fraction of sp³-hybridized carbons (Fsp3) is 0.308. The van der Waals surface area contributed by atoms with E-state index in [4.69, 9.17) is 10.7 Å². The van der Waals surface area contributed by atoms with Crippen LogP contribution in [0.4, 0.5) is 5.82 Å². The van der Waals surface area contributed by atoms with E-state index in [1.54, 1.807) is 10.7 Å². The molecule has 3 aromatic heterocycles. The van der Waals surface area contributed by atoms with E-state index in [-0.39, 0.29) is 17.9 Å². The highest BCUT2D eigenvalue weighted by atomic mass is 79.9. The van der Waals surface area contributed by atoms with Crippen molar-refractivity contribution in [1.82, 2.24) is 24.9 Å². The van der Waals surface area contributed by atoms with E-state index in [1.165, 1.54) is 6.92 Å². The molecule has 1 unspecified atom stereocenters. The number of fused-ring (bicyclic) bond motifs is 1. The van der Waals surface area contributed by atoms with Crippen molar-refractivity contribution in [1.29, 1.82) is 0 Å². The lowest BCUT2D eigenvalue weighted by Crippen LogP contribution is -2.42. The molecule has 1 amide bonds. The van der Waals surface area contributed by atoms with Crippen molar-refractivity contribution in [3.05, 3.63) is 65.0 Å². The number of nitrogens with two attached hydrogens (primary N) is 1. The predicted molar refractivity (Wildman–Crippen MR) is 139 cm³/mol. The molecule has 5 rings (SSSR count). The molecule has 0 bridgehead atoms. The third kappa shape index (κ3) is 4.66. The van der Waals surface area contributed by atoms with Crippen molar-refractivity contribution in [3.8, 4) is 22.4 Å². The number of benzene rings is 1. The van der Waals surface area contributed by atoms with Crippen LogP contribution in [0.3, 0.4) is 0 Å². The van der Waals surface area contributed by atoms with Crippen molar-refractivity contribution >= 4 is 33.3 Å². The quantitative estimate of drug-likeness (QED) is 0.350. The molecule has 1 fully saturated rings. The van der Waals surface area contributed by atoms with Gasteiger partial charge in [-0.2, -0.15) is 9.61 Å². The maximum atomic E-state index is 11.8. The molecule has 1 atom stereocenters. The minimum atomic E-state index is -0.998. The van der Waals surface area contributed by atoms with Crippen LogP contribution in [0, 0.1) is 0 Å². The van der Waals surface area contributed by atoms with Crippen LogP contribution in [-0.2, 0) is 4.79 Å². The zero-order valence-corrected chi connectivity index (χ0v) is 20.9. The minimum Gasteiger partial charge on any atom is -0.384 e. The van der Waals surface area contributed by atoms with Gasteiger partial charge in [0, 0.05) is 34.8 Å². The van der Waals surface area contributed by atoms with Crippen molar-refractivity contribution < 1.29 is 9.90 Å². The highest BCUT2D eigenvalue weighted by molar-refractivity contribution is 9.10. The van der Waals surface area contributed by atoms with E-state index in [0.717, 1.165) is 58.2 Å². The second-order valence-corrected chi connectivity index (χ2v) is 9.81. The summed E-state index contributed by atoms with van der Waals surface area (Å²) in [4.78, 5) is 21.5. The van der Waals surface area contributed by atoms with Gasteiger partial charge in [0.25, 0.3) is 0 Å². The molecule has 0 radical (unpaired) electrons. The van der Waals surface area contributed by atoms with E-state index in [9.17, 15) is 9.90 Å². The van der Waals surface area contributed by atoms with E-state index < -0.39 is 6.10 Å². The molecule has 180 valence electrons.